The minimum absolute atomic E-state index is 0.122. The lowest BCUT2D eigenvalue weighted by Gasteiger charge is -2.36. The van der Waals surface area contributed by atoms with Crippen LogP contribution in [0.2, 0.25) is 0 Å². The molecule has 31 heavy (non-hydrogen) atoms. The van der Waals surface area contributed by atoms with Crippen LogP contribution in [-0.2, 0) is 21.3 Å². The third kappa shape index (κ3) is 4.08. The van der Waals surface area contributed by atoms with Gasteiger partial charge in [-0.3, -0.25) is 0 Å². The van der Waals surface area contributed by atoms with Crippen LogP contribution >= 0.6 is 0 Å². The van der Waals surface area contributed by atoms with Crippen molar-refractivity contribution >= 4 is 32.7 Å². The number of primary sulfonamides is 1. The highest BCUT2D eigenvalue weighted by Crippen LogP contribution is 2.26. The van der Waals surface area contributed by atoms with Gasteiger partial charge in [-0.05, 0) is 37.1 Å². The second-order valence-corrected chi connectivity index (χ2v) is 9.48. The number of hydrogen-bond donors (Lipinski definition) is 1. The first-order valence-corrected chi connectivity index (χ1v) is 11.9. The number of nitrogens with two attached hydrogens (primary N) is 1. The van der Waals surface area contributed by atoms with Gasteiger partial charge in [0.25, 0.3) is 0 Å². The fourth-order valence-electron chi connectivity index (χ4n) is 4.26. The number of imidazole rings is 1. The number of benzene rings is 1. The maximum atomic E-state index is 11.5. The van der Waals surface area contributed by atoms with Crippen molar-refractivity contribution in [3.63, 3.8) is 0 Å². The first-order valence-electron chi connectivity index (χ1n) is 10.4. The lowest BCUT2D eigenvalue weighted by molar-refractivity contribution is 0.0978. The van der Waals surface area contributed by atoms with Gasteiger partial charge in [-0.2, -0.15) is 0 Å². The van der Waals surface area contributed by atoms with E-state index in [2.05, 4.69) is 29.3 Å². The highest BCUT2D eigenvalue weighted by molar-refractivity contribution is 7.89. The molecule has 3 aromatic rings. The van der Waals surface area contributed by atoms with Crippen LogP contribution in [0, 0.1) is 0 Å². The summed E-state index contributed by atoms with van der Waals surface area (Å²) in [7, 11) is -3.68. The highest BCUT2D eigenvalue weighted by Gasteiger charge is 2.23. The molecule has 2 aromatic heterocycles. The number of piperazine rings is 1. The van der Waals surface area contributed by atoms with Gasteiger partial charge in [0.15, 0.2) is 17.0 Å². The molecule has 164 valence electrons. The fourth-order valence-corrected chi connectivity index (χ4v) is 4.78. The molecular weight excluding hydrogens is 418 g/mol. The zero-order valence-corrected chi connectivity index (χ0v) is 17.9. The predicted molar refractivity (Wildman–Crippen MR) is 117 cm³/mol. The van der Waals surface area contributed by atoms with Crippen LogP contribution in [0.25, 0.3) is 11.2 Å². The average Bonchev–Trinajstić information content (AvgIpc) is 3.44. The summed E-state index contributed by atoms with van der Waals surface area (Å²) in [5.74, 6) is 0.848. The predicted octanol–water partition coefficient (Wildman–Crippen LogP) is 0.979. The van der Waals surface area contributed by atoms with E-state index in [9.17, 15) is 8.42 Å². The number of nitrogens with zero attached hydrogens (tertiary/aromatic N) is 6. The van der Waals surface area contributed by atoms with Gasteiger partial charge >= 0.3 is 0 Å². The molecule has 1 aromatic carbocycles. The molecule has 0 radical (unpaired) electrons. The quantitative estimate of drug-likeness (QED) is 0.620. The van der Waals surface area contributed by atoms with Crippen molar-refractivity contribution in [1.29, 1.82) is 0 Å². The first-order chi connectivity index (χ1) is 15.0. The number of ether oxygens (including phenoxy) is 1. The summed E-state index contributed by atoms with van der Waals surface area (Å²) in [5, 5.41) is 5.19. The monoisotopic (exact) mass is 443 g/mol. The van der Waals surface area contributed by atoms with Crippen molar-refractivity contribution in [3.05, 3.63) is 36.9 Å². The smallest absolute Gasteiger partial charge is 0.238 e. The molecule has 0 aliphatic carbocycles. The van der Waals surface area contributed by atoms with E-state index in [0.717, 1.165) is 74.8 Å². The number of hydrogen-bond acceptors (Lipinski definition) is 8. The standard InChI is InChI=1S/C20H25N7O3S/c21-31(28,29)17-5-3-15(4-6-17)25-7-9-26(10-8-25)19-18-20(23-13-22-19)27(14-24-18)12-16-2-1-11-30-16/h3-6,13-14,16H,1-2,7-12H2,(H2,21,28,29). The molecule has 1 unspecified atom stereocenters. The second-order valence-electron chi connectivity index (χ2n) is 7.91. The Kier molecular flexibility index (Phi) is 5.24. The summed E-state index contributed by atoms with van der Waals surface area (Å²) in [5.41, 5.74) is 2.62. The molecule has 2 aliphatic rings. The molecule has 10 nitrogen and oxygen atoms in total. The zero-order chi connectivity index (χ0) is 21.4. The van der Waals surface area contributed by atoms with Gasteiger partial charge in [0, 0.05) is 38.5 Å². The number of sulfonamides is 1. The van der Waals surface area contributed by atoms with Crippen molar-refractivity contribution in [2.45, 2.75) is 30.4 Å². The summed E-state index contributed by atoms with van der Waals surface area (Å²) in [6.45, 7) is 4.72. The minimum Gasteiger partial charge on any atom is -0.376 e. The van der Waals surface area contributed by atoms with E-state index < -0.39 is 10.0 Å². The van der Waals surface area contributed by atoms with Gasteiger partial charge in [-0.25, -0.2) is 28.5 Å². The summed E-state index contributed by atoms with van der Waals surface area (Å²) >= 11 is 0. The Morgan fingerprint density at radius 3 is 2.45 bits per heavy atom. The van der Waals surface area contributed by atoms with Crippen molar-refractivity contribution < 1.29 is 13.2 Å². The lowest BCUT2D eigenvalue weighted by Crippen LogP contribution is -2.47. The van der Waals surface area contributed by atoms with E-state index >= 15 is 0 Å². The van der Waals surface area contributed by atoms with Gasteiger partial charge in [-0.15, -0.1) is 0 Å². The maximum Gasteiger partial charge on any atom is 0.238 e. The molecule has 2 aliphatic heterocycles. The van der Waals surface area contributed by atoms with Gasteiger partial charge in [0.05, 0.1) is 23.9 Å². The second kappa shape index (κ2) is 8.06. The Labute approximate surface area is 180 Å². The van der Waals surface area contributed by atoms with E-state index in [-0.39, 0.29) is 11.0 Å². The molecule has 2 saturated heterocycles. The van der Waals surface area contributed by atoms with Gasteiger partial charge in [0.2, 0.25) is 10.0 Å². The van der Waals surface area contributed by atoms with Crippen molar-refractivity contribution in [2.24, 2.45) is 5.14 Å². The molecule has 0 bridgehead atoms. The molecule has 2 fully saturated rings. The van der Waals surface area contributed by atoms with E-state index in [1.54, 1.807) is 30.6 Å². The number of aromatic nitrogens is 4. The SMILES string of the molecule is NS(=O)(=O)c1ccc(N2CCN(c3ncnc4c3ncn4CC3CCCO3)CC2)cc1. The van der Waals surface area contributed by atoms with E-state index in [1.807, 2.05) is 6.33 Å². The molecule has 0 spiro atoms. The minimum atomic E-state index is -3.68. The van der Waals surface area contributed by atoms with Gasteiger partial charge in [-0.1, -0.05) is 0 Å². The van der Waals surface area contributed by atoms with Crippen LogP contribution < -0.4 is 14.9 Å². The van der Waals surface area contributed by atoms with Crippen LogP contribution in [0.3, 0.4) is 0 Å². The van der Waals surface area contributed by atoms with E-state index in [0.29, 0.717) is 0 Å². The summed E-state index contributed by atoms with van der Waals surface area (Å²) in [6, 6.07) is 6.69. The summed E-state index contributed by atoms with van der Waals surface area (Å²) < 4.78 is 30.7. The van der Waals surface area contributed by atoms with Crippen molar-refractivity contribution in [1.82, 2.24) is 19.5 Å². The molecule has 0 amide bonds. The van der Waals surface area contributed by atoms with Crippen molar-refractivity contribution in [3.8, 4) is 0 Å². The van der Waals surface area contributed by atoms with Gasteiger partial charge in [0.1, 0.15) is 6.33 Å². The molecular formula is C20H25N7O3S. The van der Waals surface area contributed by atoms with Gasteiger partial charge < -0.3 is 19.1 Å². The number of anilines is 2. The van der Waals surface area contributed by atoms with Crippen LogP contribution in [0.15, 0.2) is 41.8 Å². The van der Waals surface area contributed by atoms with Crippen LogP contribution in [-0.4, -0.2) is 66.8 Å². The summed E-state index contributed by atoms with van der Waals surface area (Å²) in [4.78, 5) is 18.2. The average molecular weight is 444 g/mol. The molecule has 1 atom stereocenters. The molecule has 0 saturated carbocycles. The third-order valence-corrected chi connectivity index (χ3v) is 6.85. The maximum absolute atomic E-state index is 11.5. The largest absolute Gasteiger partial charge is 0.376 e. The third-order valence-electron chi connectivity index (χ3n) is 5.92. The molecule has 11 heteroatoms. The Morgan fingerprint density at radius 2 is 1.77 bits per heavy atom. The normalized spacial score (nSPS) is 20.0. The van der Waals surface area contributed by atoms with E-state index in [1.165, 1.54) is 0 Å². The van der Waals surface area contributed by atoms with Crippen LogP contribution in [0.5, 0.6) is 0 Å². The topological polar surface area (TPSA) is 119 Å². The number of fused-ring (bicyclic) bond motifs is 1. The first kappa shape index (κ1) is 20.2. The van der Waals surface area contributed by atoms with Crippen LogP contribution in [0.4, 0.5) is 11.5 Å². The molecule has 2 N–H and O–H groups in total. The van der Waals surface area contributed by atoms with Crippen molar-refractivity contribution in [2.75, 3.05) is 42.6 Å². The van der Waals surface area contributed by atoms with Crippen LogP contribution in [0.1, 0.15) is 12.8 Å². The summed E-state index contributed by atoms with van der Waals surface area (Å²) in [6.07, 6.45) is 5.82. The Balaban J connectivity index is 1.29. The Hall–Kier alpha value is -2.76. The molecule has 5 rings (SSSR count). The fraction of sp³-hybridized carbons (Fsp3) is 0.450. The van der Waals surface area contributed by atoms with E-state index in [4.69, 9.17) is 9.88 Å². The highest BCUT2D eigenvalue weighted by atomic mass is 32.2. The Morgan fingerprint density at radius 1 is 1.03 bits per heavy atom. The molecule has 4 heterocycles. The zero-order valence-electron chi connectivity index (χ0n) is 17.1. The number of rotatable bonds is 5. The lowest BCUT2D eigenvalue weighted by atomic mass is 10.2. The Bertz CT molecular complexity index is 1170.